The van der Waals surface area contributed by atoms with E-state index < -0.39 is 35.8 Å². The Kier molecular flexibility index (Phi) is 8.07. The molecule has 3 rings (SSSR count). The Morgan fingerprint density at radius 1 is 0.917 bits per heavy atom. The van der Waals surface area contributed by atoms with Crippen molar-refractivity contribution in [3.05, 3.63) is 65.2 Å². The lowest BCUT2D eigenvalue weighted by Gasteiger charge is -2.33. The van der Waals surface area contributed by atoms with Gasteiger partial charge >= 0.3 is 24.3 Å². The molecule has 1 saturated heterocycles. The highest BCUT2D eigenvalue weighted by molar-refractivity contribution is 5.96. The maximum atomic E-state index is 13.3. The van der Waals surface area contributed by atoms with Crippen molar-refractivity contribution >= 4 is 23.5 Å². The molecule has 2 aromatic carbocycles. The van der Waals surface area contributed by atoms with Crippen LogP contribution in [0.15, 0.2) is 48.5 Å². The highest BCUT2D eigenvalue weighted by Gasteiger charge is 2.39. The van der Waals surface area contributed by atoms with Gasteiger partial charge in [-0.3, -0.25) is 25.3 Å². The number of carbonyl (C=O) groups is 3. The molecule has 1 aliphatic rings. The number of hydrogen-bond acceptors (Lipinski definition) is 4. The molecule has 14 heteroatoms. The van der Waals surface area contributed by atoms with Crippen LogP contribution in [0.2, 0.25) is 0 Å². The number of nitrogens with one attached hydrogen (secondary N) is 2. The molecule has 0 bridgehead atoms. The molecule has 0 aliphatic carbocycles. The summed E-state index contributed by atoms with van der Waals surface area (Å²) in [6, 6.07) is 8.95. The maximum absolute atomic E-state index is 13.3. The zero-order valence-corrected chi connectivity index (χ0v) is 18.4. The highest BCUT2D eigenvalue weighted by Crippen LogP contribution is 2.32. The first kappa shape index (κ1) is 26.8. The van der Waals surface area contributed by atoms with Gasteiger partial charge in [-0.15, -0.1) is 0 Å². The number of halogens is 6. The van der Waals surface area contributed by atoms with E-state index >= 15 is 0 Å². The lowest BCUT2D eigenvalue weighted by atomic mass is 10.1. The Bertz CT molecular complexity index is 1100. The van der Waals surface area contributed by atoms with E-state index in [9.17, 15) is 40.7 Å². The second-order valence-corrected chi connectivity index (χ2v) is 7.62. The standard InChI is InChI=1S/C22H20F6N4O4/c23-21(24,25)16-2-1-3-17(12-16)32(20(35)31-8-10-36-11-9-31)13-14-4-6-15(7-5-14)18(33)29-30-19(34)22(26,27)28/h1-7,12H,8-11,13H2,(H,29,33)(H,30,34). The molecular weight excluding hydrogens is 498 g/mol. The predicted octanol–water partition coefficient (Wildman–Crippen LogP) is 3.49. The van der Waals surface area contributed by atoms with Crippen LogP contribution in [0.3, 0.4) is 0 Å². The van der Waals surface area contributed by atoms with Gasteiger partial charge in [-0.2, -0.15) is 26.3 Å². The number of benzene rings is 2. The Morgan fingerprint density at radius 2 is 1.56 bits per heavy atom. The van der Waals surface area contributed by atoms with Crippen LogP contribution in [0.25, 0.3) is 0 Å². The van der Waals surface area contributed by atoms with Crippen molar-refractivity contribution in [2.75, 3.05) is 31.2 Å². The fourth-order valence-corrected chi connectivity index (χ4v) is 3.25. The first-order valence-corrected chi connectivity index (χ1v) is 10.4. The largest absolute Gasteiger partial charge is 0.472 e. The molecule has 2 aromatic rings. The van der Waals surface area contributed by atoms with Gasteiger partial charge in [0.2, 0.25) is 0 Å². The molecule has 0 radical (unpaired) electrons. The zero-order valence-electron chi connectivity index (χ0n) is 18.4. The molecule has 1 heterocycles. The Balaban J connectivity index is 1.79. The molecule has 0 spiro atoms. The summed E-state index contributed by atoms with van der Waals surface area (Å²) in [5.41, 5.74) is 2.24. The second kappa shape index (κ2) is 10.8. The number of hydrogen-bond donors (Lipinski definition) is 2. The Hall–Kier alpha value is -3.81. The van der Waals surface area contributed by atoms with Crippen LogP contribution in [0, 0.1) is 0 Å². The van der Waals surface area contributed by atoms with E-state index in [1.165, 1.54) is 46.7 Å². The van der Waals surface area contributed by atoms with Crippen LogP contribution in [0.4, 0.5) is 36.8 Å². The maximum Gasteiger partial charge on any atom is 0.472 e. The van der Waals surface area contributed by atoms with Gasteiger partial charge in [0.05, 0.1) is 25.3 Å². The monoisotopic (exact) mass is 518 g/mol. The van der Waals surface area contributed by atoms with Gasteiger partial charge in [-0.05, 0) is 35.9 Å². The minimum Gasteiger partial charge on any atom is -0.378 e. The molecule has 0 unspecified atom stereocenters. The summed E-state index contributed by atoms with van der Waals surface area (Å²) in [6.45, 7) is 0.881. The van der Waals surface area contributed by atoms with E-state index in [1.54, 1.807) is 5.43 Å². The van der Waals surface area contributed by atoms with E-state index in [-0.39, 0.29) is 44.1 Å². The topological polar surface area (TPSA) is 91.0 Å². The Morgan fingerprint density at radius 3 is 2.14 bits per heavy atom. The van der Waals surface area contributed by atoms with Gasteiger partial charge < -0.3 is 9.64 Å². The van der Waals surface area contributed by atoms with Gasteiger partial charge in [-0.25, -0.2) is 4.79 Å². The first-order chi connectivity index (χ1) is 16.9. The number of anilines is 1. The summed E-state index contributed by atoms with van der Waals surface area (Å²) < 4.78 is 81.7. The molecule has 1 aliphatic heterocycles. The fourth-order valence-electron chi connectivity index (χ4n) is 3.25. The second-order valence-electron chi connectivity index (χ2n) is 7.62. The summed E-state index contributed by atoms with van der Waals surface area (Å²) in [5.74, 6) is -3.39. The fraction of sp³-hybridized carbons (Fsp3) is 0.318. The molecule has 1 fully saturated rings. The minimum absolute atomic E-state index is 0.00185. The first-order valence-electron chi connectivity index (χ1n) is 10.4. The lowest BCUT2D eigenvalue weighted by Crippen LogP contribution is -2.48. The van der Waals surface area contributed by atoms with Crippen LogP contribution < -0.4 is 15.8 Å². The van der Waals surface area contributed by atoms with Crippen LogP contribution >= 0.6 is 0 Å². The molecule has 8 nitrogen and oxygen atoms in total. The van der Waals surface area contributed by atoms with E-state index in [2.05, 4.69) is 0 Å². The summed E-state index contributed by atoms with van der Waals surface area (Å²) in [7, 11) is 0. The summed E-state index contributed by atoms with van der Waals surface area (Å²) in [6.07, 6.45) is -9.81. The average molecular weight is 518 g/mol. The van der Waals surface area contributed by atoms with Gasteiger partial charge in [0.15, 0.2) is 0 Å². The van der Waals surface area contributed by atoms with E-state index in [0.717, 1.165) is 17.0 Å². The third-order valence-corrected chi connectivity index (χ3v) is 5.10. The third-order valence-electron chi connectivity index (χ3n) is 5.10. The van der Waals surface area contributed by atoms with Crippen molar-refractivity contribution < 1.29 is 45.5 Å². The number of hydrazine groups is 1. The normalized spacial score (nSPS) is 14.2. The minimum atomic E-state index is -5.18. The quantitative estimate of drug-likeness (QED) is 0.479. The van der Waals surface area contributed by atoms with Gasteiger partial charge in [0, 0.05) is 24.3 Å². The van der Waals surface area contributed by atoms with E-state index in [1.807, 2.05) is 0 Å². The molecule has 0 atom stereocenters. The van der Waals surface area contributed by atoms with Crippen molar-refractivity contribution in [2.45, 2.75) is 18.9 Å². The molecule has 0 aromatic heterocycles. The number of urea groups is 1. The SMILES string of the molecule is O=C(NNC(=O)C(F)(F)F)c1ccc(CN(C(=O)N2CCOCC2)c2cccc(C(F)(F)F)c2)cc1. The highest BCUT2D eigenvalue weighted by atomic mass is 19.4. The Labute approximate surface area is 200 Å². The number of alkyl halides is 6. The molecule has 2 N–H and O–H groups in total. The van der Waals surface area contributed by atoms with Gasteiger partial charge in [0.25, 0.3) is 5.91 Å². The molecule has 194 valence electrons. The van der Waals surface area contributed by atoms with Crippen molar-refractivity contribution in [2.24, 2.45) is 0 Å². The number of carbonyl (C=O) groups excluding carboxylic acids is 3. The van der Waals surface area contributed by atoms with Gasteiger partial charge in [-0.1, -0.05) is 18.2 Å². The number of ether oxygens (including phenoxy) is 1. The number of nitrogens with zero attached hydrogens (tertiary/aromatic N) is 2. The van der Waals surface area contributed by atoms with Crippen LogP contribution in [-0.2, 0) is 22.3 Å². The van der Waals surface area contributed by atoms with Crippen molar-refractivity contribution in [3.63, 3.8) is 0 Å². The summed E-state index contributed by atoms with van der Waals surface area (Å²) in [5, 5.41) is 0. The van der Waals surface area contributed by atoms with Crippen LogP contribution in [0.5, 0.6) is 0 Å². The van der Waals surface area contributed by atoms with Crippen molar-refractivity contribution in [1.29, 1.82) is 0 Å². The predicted molar refractivity (Wildman–Crippen MR) is 114 cm³/mol. The smallest absolute Gasteiger partial charge is 0.378 e. The summed E-state index contributed by atoms with van der Waals surface area (Å²) >= 11 is 0. The van der Waals surface area contributed by atoms with E-state index in [4.69, 9.17) is 4.74 Å². The third kappa shape index (κ3) is 6.87. The number of amides is 4. The summed E-state index contributed by atoms with van der Waals surface area (Å²) in [4.78, 5) is 38.6. The molecule has 4 amide bonds. The van der Waals surface area contributed by atoms with Crippen LogP contribution in [0.1, 0.15) is 21.5 Å². The average Bonchev–Trinajstić information content (AvgIpc) is 2.85. The van der Waals surface area contributed by atoms with E-state index in [0.29, 0.717) is 5.56 Å². The van der Waals surface area contributed by atoms with Crippen LogP contribution in [-0.4, -0.2) is 55.2 Å². The number of morpholine rings is 1. The lowest BCUT2D eigenvalue weighted by molar-refractivity contribution is -0.174. The van der Waals surface area contributed by atoms with Gasteiger partial charge in [0.1, 0.15) is 0 Å². The molecular formula is C22H20F6N4O4. The zero-order chi connectivity index (χ0) is 26.5. The molecule has 36 heavy (non-hydrogen) atoms. The molecule has 0 saturated carbocycles. The number of rotatable bonds is 4. The van der Waals surface area contributed by atoms with Crippen molar-refractivity contribution in [1.82, 2.24) is 15.8 Å². The van der Waals surface area contributed by atoms with Crippen molar-refractivity contribution in [3.8, 4) is 0 Å².